The standard InChI is InChI=1S/C24H30N6O/c1-17(20-15-25-29(4)16-20)19-9-13-30(14-10-19)24(31)28(3)12-11-23-26-18(2)21-7-5-6-8-22(21)27-23/h5-8,15-16,19H,1-2,9-14H2,3-4H3,(H,26,27). The molecule has 1 N–H and O–H groups in total. The second-order valence-electron chi connectivity index (χ2n) is 8.32. The Labute approximate surface area is 183 Å². The highest BCUT2D eigenvalue weighted by atomic mass is 16.2. The molecule has 162 valence electrons. The quantitative estimate of drug-likeness (QED) is 0.801. The summed E-state index contributed by atoms with van der Waals surface area (Å²) in [5.41, 5.74) is 5.01. The van der Waals surface area contributed by atoms with E-state index in [2.05, 4.69) is 28.6 Å². The molecule has 31 heavy (non-hydrogen) atoms. The maximum atomic E-state index is 12.9. The minimum atomic E-state index is 0.0704. The molecule has 2 aliphatic rings. The molecule has 7 heteroatoms. The average Bonchev–Trinajstić information content (AvgIpc) is 3.23. The summed E-state index contributed by atoms with van der Waals surface area (Å²) >= 11 is 0. The number of urea groups is 1. The van der Waals surface area contributed by atoms with Gasteiger partial charge in [-0.3, -0.25) is 4.68 Å². The van der Waals surface area contributed by atoms with E-state index in [4.69, 9.17) is 0 Å². The topological polar surface area (TPSA) is 65.8 Å². The Hall–Kier alpha value is -3.35. The van der Waals surface area contributed by atoms with E-state index in [9.17, 15) is 4.79 Å². The monoisotopic (exact) mass is 418 g/mol. The number of carbonyl (C=O) groups excluding carboxylic acids is 1. The van der Waals surface area contributed by atoms with Crippen LogP contribution in [0.4, 0.5) is 10.5 Å². The molecule has 3 heterocycles. The first-order valence-corrected chi connectivity index (χ1v) is 10.7. The first-order chi connectivity index (χ1) is 14.9. The minimum absolute atomic E-state index is 0.0704. The molecule has 0 aliphatic carbocycles. The molecule has 1 saturated heterocycles. The number of aliphatic imine (C=N–C) groups is 1. The van der Waals surface area contributed by atoms with Gasteiger partial charge >= 0.3 is 6.03 Å². The van der Waals surface area contributed by atoms with Crippen molar-refractivity contribution < 1.29 is 4.79 Å². The molecule has 7 nitrogen and oxygen atoms in total. The fourth-order valence-electron chi connectivity index (χ4n) is 4.21. The van der Waals surface area contributed by atoms with Crippen molar-refractivity contribution in [2.24, 2.45) is 18.0 Å². The van der Waals surface area contributed by atoms with Crippen molar-refractivity contribution >= 4 is 28.8 Å². The first kappa shape index (κ1) is 20.9. The van der Waals surface area contributed by atoms with E-state index in [1.807, 2.05) is 55.7 Å². The van der Waals surface area contributed by atoms with E-state index in [1.54, 1.807) is 9.58 Å². The Balaban J connectivity index is 1.28. The Morgan fingerprint density at radius 2 is 2.03 bits per heavy atom. The van der Waals surface area contributed by atoms with Gasteiger partial charge in [-0.15, -0.1) is 0 Å². The summed E-state index contributed by atoms with van der Waals surface area (Å²) < 4.78 is 1.80. The first-order valence-electron chi connectivity index (χ1n) is 10.7. The van der Waals surface area contributed by atoms with Gasteiger partial charge in [-0.2, -0.15) is 5.10 Å². The van der Waals surface area contributed by atoms with Gasteiger partial charge in [-0.05, 0) is 30.4 Å². The lowest BCUT2D eigenvalue weighted by Crippen LogP contribution is -2.46. The number of amidine groups is 1. The second kappa shape index (κ2) is 8.79. The fraction of sp³-hybridized carbons (Fsp3) is 0.375. The van der Waals surface area contributed by atoms with E-state index in [0.717, 1.165) is 59.9 Å². The zero-order chi connectivity index (χ0) is 22.0. The molecule has 0 saturated carbocycles. The van der Waals surface area contributed by atoms with E-state index in [1.165, 1.54) is 0 Å². The van der Waals surface area contributed by atoms with Gasteiger partial charge in [-0.1, -0.05) is 31.4 Å². The lowest BCUT2D eigenvalue weighted by atomic mass is 9.87. The van der Waals surface area contributed by atoms with Crippen LogP contribution in [0.25, 0.3) is 11.3 Å². The zero-order valence-corrected chi connectivity index (χ0v) is 18.3. The van der Waals surface area contributed by atoms with Crippen LogP contribution in [0.15, 0.2) is 54.8 Å². The Kier molecular flexibility index (Phi) is 5.93. The molecule has 0 bridgehead atoms. The van der Waals surface area contributed by atoms with Crippen LogP contribution in [0.3, 0.4) is 0 Å². The molecule has 2 amide bonds. The van der Waals surface area contributed by atoms with Crippen LogP contribution in [0.2, 0.25) is 0 Å². The van der Waals surface area contributed by atoms with Gasteiger partial charge in [0, 0.05) is 63.2 Å². The number of hydrogen-bond donors (Lipinski definition) is 1. The van der Waals surface area contributed by atoms with Gasteiger partial charge in [0.15, 0.2) is 0 Å². The Morgan fingerprint density at radius 3 is 2.74 bits per heavy atom. The molecule has 1 fully saturated rings. The number of nitrogens with zero attached hydrogens (tertiary/aromatic N) is 5. The highest BCUT2D eigenvalue weighted by Gasteiger charge is 2.27. The smallest absolute Gasteiger partial charge is 0.319 e. The van der Waals surface area contributed by atoms with Crippen LogP contribution < -0.4 is 5.32 Å². The number of fused-ring (bicyclic) bond motifs is 1. The minimum Gasteiger partial charge on any atom is -0.344 e. The van der Waals surface area contributed by atoms with Gasteiger partial charge in [0.2, 0.25) is 0 Å². The molecule has 4 rings (SSSR count). The Morgan fingerprint density at radius 1 is 1.29 bits per heavy atom. The summed E-state index contributed by atoms with van der Waals surface area (Å²) in [5.74, 6) is 1.24. The van der Waals surface area contributed by atoms with Crippen molar-refractivity contribution in [1.29, 1.82) is 0 Å². The van der Waals surface area contributed by atoms with Crippen molar-refractivity contribution in [3.05, 3.63) is 60.9 Å². The number of piperidine rings is 1. The van der Waals surface area contributed by atoms with Crippen LogP contribution in [0.5, 0.6) is 0 Å². The number of likely N-dealkylation sites (tertiary alicyclic amines) is 1. The second-order valence-corrected chi connectivity index (χ2v) is 8.32. The summed E-state index contributed by atoms with van der Waals surface area (Å²) in [6.45, 7) is 10.5. The molecule has 2 aliphatic heterocycles. The summed E-state index contributed by atoms with van der Waals surface area (Å²) in [5, 5.41) is 7.51. The number of hydrogen-bond acceptors (Lipinski definition) is 4. The summed E-state index contributed by atoms with van der Waals surface area (Å²) in [7, 11) is 3.77. The highest BCUT2D eigenvalue weighted by molar-refractivity contribution is 5.97. The van der Waals surface area contributed by atoms with Gasteiger partial charge in [0.05, 0.1) is 11.9 Å². The SMILES string of the molecule is C=C1NC(CCN(C)C(=O)N2CCC(C(=C)c3cnn(C)c3)CC2)=Nc2ccccc21. The molecule has 0 spiro atoms. The maximum absolute atomic E-state index is 12.9. The third kappa shape index (κ3) is 4.55. The summed E-state index contributed by atoms with van der Waals surface area (Å²) in [4.78, 5) is 21.3. The van der Waals surface area contributed by atoms with Crippen molar-refractivity contribution in [2.75, 3.05) is 26.7 Å². The number of aryl methyl sites for hydroxylation is 1. The van der Waals surface area contributed by atoms with E-state index in [-0.39, 0.29) is 6.03 Å². The predicted octanol–water partition coefficient (Wildman–Crippen LogP) is 3.89. The third-order valence-corrected chi connectivity index (χ3v) is 6.12. The third-order valence-electron chi connectivity index (χ3n) is 6.12. The van der Waals surface area contributed by atoms with Crippen LogP contribution in [0, 0.1) is 5.92 Å². The number of rotatable bonds is 5. The number of benzene rings is 1. The largest absolute Gasteiger partial charge is 0.344 e. The van der Waals surface area contributed by atoms with Crippen LogP contribution in [-0.2, 0) is 7.05 Å². The lowest BCUT2D eigenvalue weighted by Gasteiger charge is -2.35. The van der Waals surface area contributed by atoms with Crippen LogP contribution in [0.1, 0.15) is 30.4 Å². The van der Waals surface area contributed by atoms with Crippen molar-refractivity contribution in [2.45, 2.75) is 19.3 Å². The molecule has 1 aromatic carbocycles. The van der Waals surface area contributed by atoms with Crippen molar-refractivity contribution in [1.82, 2.24) is 24.9 Å². The van der Waals surface area contributed by atoms with E-state index < -0.39 is 0 Å². The summed E-state index contributed by atoms with van der Waals surface area (Å²) in [6.07, 6.45) is 6.38. The van der Waals surface area contributed by atoms with Gasteiger partial charge < -0.3 is 15.1 Å². The highest BCUT2D eigenvalue weighted by Crippen LogP contribution is 2.31. The summed E-state index contributed by atoms with van der Waals surface area (Å²) in [6, 6.07) is 8.02. The average molecular weight is 419 g/mol. The van der Waals surface area contributed by atoms with Crippen LogP contribution >= 0.6 is 0 Å². The molecule has 0 atom stereocenters. The molecule has 2 aromatic rings. The Bertz CT molecular complexity index is 1030. The van der Waals surface area contributed by atoms with Gasteiger partial charge in [0.25, 0.3) is 0 Å². The molecule has 1 aromatic heterocycles. The predicted molar refractivity (Wildman–Crippen MR) is 125 cm³/mol. The van der Waals surface area contributed by atoms with Crippen molar-refractivity contribution in [3.63, 3.8) is 0 Å². The lowest BCUT2D eigenvalue weighted by molar-refractivity contribution is 0.148. The number of nitrogens with one attached hydrogen (secondary N) is 1. The van der Waals surface area contributed by atoms with Crippen LogP contribution in [-0.4, -0.2) is 58.1 Å². The number of amides is 2. The van der Waals surface area contributed by atoms with E-state index in [0.29, 0.717) is 18.9 Å². The van der Waals surface area contributed by atoms with Gasteiger partial charge in [0.1, 0.15) is 5.84 Å². The number of carbonyl (C=O) groups is 1. The molecular formula is C24H30N6O. The number of para-hydroxylation sites is 1. The number of aromatic nitrogens is 2. The van der Waals surface area contributed by atoms with Gasteiger partial charge in [-0.25, -0.2) is 9.79 Å². The molecule has 0 radical (unpaired) electrons. The number of allylic oxidation sites excluding steroid dienone is 1. The molecular weight excluding hydrogens is 388 g/mol. The maximum Gasteiger partial charge on any atom is 0.319 e. The van der Waals surface area contributed by atoms with E-state index >= 15 is 0 Å². The normalized spacial score (nSPS) is 16.4. The zero-order valence-electron chi connectivity index (χ0n) is 18.3. The molecule has 0 unspecified atom stereocenters. The fourth-order valence-corrected chi connectivity index (χ4v) is 4.21. The van der Waals surface area contributed by atoms with Crippen molar-refractivity contribution in [3.8, 4) is 0 Å².